The van der Waals surface area contributed by atoms with Gasteiger partial charge in [-0.15, -0.1) is 0 Å². The summed E-state index contributed by atoms with van der Waals surface area (Å²) in [6.45, 7) is 2.77. The first-order chi connectivity index (χ1) is 17.5. The molecule has 1 atom stereocenters. The summed E-state index contributed by atoms with van der Waals surface area (Å²) in [5, 5.41) is 4.75. The molecule has 5 rings (SSSR count). The first-order valence-electron chi connectivity index (χ1n) is 11.9. The number of esters is 1. The summed E-state index contributed by atoms with van der Waals surface area (Å²) >= 11 is 0. The molecule has 1 amide bonds. The molecule has 3 aromatic heterocycles. The van der Waals surface area contributed by atoms with Crippen LogP contribution in [0.1, 0.15) is 19.8 Å². The van der Waals surface area contributed by atoms with Gasteiger partial charge >= 0.3 is 5.97 Å². The molecule has 36 heavy (non-hydrogen) atoms. The van der Waals surface area contributed by atoms with Crippen molar-refractivity contribution in [3.8, 4) is 22.8 Å². The SMILES string of the molecule is CCOC(=O)C1CCCN(C(=O)Cn2c(=O)cc(-c3nc(-c4ccncc4)no3)c3ccccc32)C1. The van der Waals surface area contributed by atoms with Crippen molar-refractivity contribution in [2.45, 2.75) is 26.3 Å². The second-order valence-electron chi connectivity index (χ2n) is 8.59. The summed E-state index contributed by atoms with van der Waals surface area (Å²) in [6, 6.07) is 12.2. The van der Waals surface area contributed by atoms with Crippen LogP contribution in [0, 0.1) is 5.92 Å². The van der Waals surface area contributed by atoms with Crippen molar-refractivity contribution in [2.24, 2.45) is 5.92 Å². The zero-order chi connectivity index (χ0) is 25.1. The normalized spacial score (nSPS) is 15.7. The van der Waals surface area contributed by atoms with E-state index in [9.17, 15) is 14.4 Å². The molecule has 1 fully saturated rings. The van der Waals surface area contributed by atoms with Crippen molar-refractivity contribution < 1.29 is 18.8 Å². The fourth-order valence-corrected chi connectivity index (χ4v) is 4.52. The molecule has 0 aliphatic carbocycles. The number of carbonyl (C=O) groups excluding carboxylic acids is 2. The Hall–Kier alpha value is -4.34. The Kier molecular flexibility index (Phi) is 6.57. The minimum absolute atomic E-state index is 0.138. The van der Waals surface area contributed by atoms with Crippen LogP contribution in [0.5, 0.6) is 0 Å². The van der Waals surface area contributed by atoms with E-state index in [1.165, 1.54) is 10.6 Å². The lowest BCUT2D eigenvalue weighted by atomic mass is 9.98. The highest BCUT2D eigenvalue weighted by molar-refractivity contribution is 5.93. The Morgan fingerprint density at radius 2 is 1.97 bits per heavy atom. The minimum atomic E-state index is -0.361. The zero-order valence-electron chi connectivity index (χ0n) is 19.8. The molecule has 10 heteroatoms. The number of rotatable bonds is 6. The van der Waals surface area contributed by atoms with Gasteiger partial charge in [-0.1, -0.05) is 23.4 Å². The van der Waals surface area contributed by atoms with Gasteiger partial charge in [-0.3, -0.25) is 23.9 Å². The first-order valence-corrected chi connectivity index (χ1v) is 11.9. The Balaban J connectivity index is 1.44. The number of ether oxygens (including phenoxy) is 1. The second kappa shape index (κ2) is 10.1. The van der Waals surface area contributed by atoms with E-state index in [4.69, 9.17) is 9.26 Å². The molecule has 4 aromatic rings. The van der Waals surface area contributed by atoms with Crippen molar-refractivity contribution >= 4 is 22.8 Å². The number of para-hydroxylation sites is 1. The highest BCUT2D eigenvalue weighted by Gasteiger charge is 2.30. The fourth-order valence-electron chi connectivity index (χ4n) is 4.52. The summed E-state index contributed by atoms with van der Waals surface area (Å²) in [4.78, 5) is 48.7. The molecule has 0 spiro atoms. The van der Waals surface area contributed by atoms with E-state index in [1.807, 2.05) is 12.1 Å². The van der Waals surface area contributed by atoms with Crippen molar-refractivity contribution in [3.63, 3.8) is 0 Å². The van der Waals surface area contributed by atoms with E-state index in [1.54, 1.807) is 48.5 Å². The van der Waals surface area contributed by atoms with Gasteiger partial charge in [-0.2, -0.15) is 4.98 Å². The summed E-state index contributed by atoms with van der Waals surface area (Å²) in [5.74, 6) is -0.251. The maximum absolute atomic E-state index is 13.2. The van der Waals surface area contributed by atoms with Crippen LogP contribution < -0.4 is 5.56 Å². The average molecular weight is 488 g/mol. The summed E-state index contributed by atoms with van der Waals surface area (Å²) in [7, 11) is 0. The van der Waals surface area contributed by atoms with Crippen molar-refractivity contribution in [1.29, 1.82) is 0 Å². The minimum Gasteiger partial charge on any atom is -0.466 e. The summed E-state index contributed by atoms with van der Waals surface area (Å²) < 4.78 is 12.1. The molecule has 1 aliphatic heterocycles. The van der Waals surface area contributed by atoms with Crippen molar-refractivity contribution in [2.75, 3.05) is 19.7 Å². The monoisotopic (exact) mass is 487 g/mol. The summed E-state index contributed by atoms with van der Waals surface area (Å²) in [5.41, 5.74) is 1.45. The predicted octanol–water partition coefficient (Wildman–Crippen LogP) is 2.92. The van der Waals surface area contributed by atoms with Crippen LogP contribution in [0.15, 0.2) is 64.2 Å². The molecule has 0 N–H and O–H groups in total. The second-order valence-corrected chi connectivity index (χ2v) is 8.59. The molecule has 0 radical (unpaired) electrons. The lowest BCUT2D eigenvalue weighted by Crippen LogP contribution is -2.45. The van der Waals surface area contributed by atoms with E-state index in [2.05, 4.69) is 15.1 Å². The van der Waals surface area contributed by atoms with Crippen LogP contribution in [-0.4, -0.2) is 56.2 Å². The van der Waals surface area contributed by atoms with Gasteiger partial charge in [0.1, 0.15) is 6.54 Å². The number of carbonyl (C=O) groups is 2. The number of fused-ring (bicyclic) bond motifs is 1. The number of hydrogen-bond acceptors (Lipinski definition) is 8. The molecule has 1 unspecified atom stereocenters. The van der Waals surface area contributed by atoms with E-state index in [-0.39, 0.29) is 35.8 Å². The van der Waals surface area contributed by atoms with Gasteiger partial charge < -0.3 is 14.2 Å². The lowest BCUT2D eigenvalue weighted by molar-refractivity contribution is -0.151. The lowest BCUT2D eigenvalue weighted by Gasteiger charge is -2.31. The third kappa shape index (κ3) is 4.61. The smallest absolute Gasteiger partial charge is 0.310 e. The van der Waals surface area contributed by atoms with Crippen LogP contribution in [0.2, 0.25) is 0 Å². The van der Waals surface area contributed by atoms with E-state index in [0.717, 1.165) is 5.56 Å². The molecule has 4 heterocycles. The number of benzene rings is 1. The van der Waals surface area contributed by atoms with Gasteiger partial charge in [-0.25, -0.2) is 0 Å². The number of pyridine rings is 2. The molecule has 1 aliphatic rings. The zero-order valence-corrected chi connectivity index (χ0v) is 19.8. The van der Waals surface area contributed by atoms with Gasteiger partial charge in [0.25, 0.3) is 11.4 Å². The molecule has 0 bridgehead atoms. The largest absolute Gasteiger partial charge is 0.466 e. The van der Waals surface area contributed by atoms with Crippen molar-refractivity contribution in [1.82, 2.24) is 24.6 Å². The van der Waals surface area contributed by atoms with Gasteiger partial charge in [0.05, 0.1) is 23.6 Å². The average Bonchev–Trinajstić information content (AvgIpc) is 3.41. The van der Waals surface area contributed by atoms with Gasteiger partial charge in [0, 0.05) is 42.5 Å². The predicted molar refractivity (Wildman–Crippen MR) is 131 cm³/mol. The molecule has 0 saturated carbocycles. The molecule has 184 valence electrons. The Morgan fingerprint density at radius 3 is 2.78 bits per heavy atom. The number of amides is 1. The van der Waals surface area contributed by atoms with Gasteiger partial charge in [-0.05, 0) is 38.0 Å². The van der Waals surface area contributed by atoms with Gasteiger partial charge in [0.2, 0.25) is 11.7 Å². The maximum atomic E-state index is 13.2. The number of aromatic nitrogens is 4. The van der Waals surface area contributed by atoms with Crippen LogP contribution in [0.4, 0.5) is 0 Å². The third-order valence-electron chi connectivity index (χ3n) is 6.30. The van der Waals surface area contributed by atoms with E-state index in [0.29, 0.717) is 54.8 Å². The third-order valence-corrected chi connectivity index (χ3v) is 6.30. The first kappa shape index (κ1) is 23.4. The fraction of sp³-hybridized carbons (Fsp3) is 0.308. The van der Waals surface area contributed by atoms with Crippen LogP contribution in [-0.2, 0) is 20.9 Å². The quantitative estimate of drug-likeness (QED) is 0.381. The Morgan fingerprint density at radius 1 is 1.17 bits per heavy atom. The number of likely N-dealkylation sites (tertiary alicyclic amines) is 1. The standard InChI is InChI=1S/C26H25N5O5/c1-2-35-26(34)18-6-5-13-30(15-18)23(33)16-31-21-8-4-3-7-19(21)20(14-22(31)32)25-28-24(29-36-25)17-9-11-27-12-10-17/h3-4,7-12,14,18H,2,5-6,13,15-16H2,1H3. The van der Waals surface area contributed by atoms with E-state index >= 15 is 0 Å². The Labute approximate surface area is 206 Å². The van der Waals surface area contributed by atoms with Crippen molar-refractivity contribution in [3.05, 3.63) is 65.2 Å². The number of hydrogen-bond donors (Lipinski definition) is 0. The van der Waals surface area contributed by atoms with E-state index < -0.39 is 0 Å². The Bertz CT molecular complexity index is 1460. The summed E-state index contributed by atoms with van der Waals surface area (Å²) in [6.07, 6.45) is 4.67. The topological polar surface area (TPSA) is 120 Å². The van der Waals surface area contributed by atoms with Crippen LogP contribution >= 0.6 is 0 Å². The molecular weight excluding hydrogens is 462 g/mol. The van der Waals surface area contributed by atoms with Crippen LogP contribution in [0.3, 0.4) is 0 Å². The molecule has 1 aromatic carbocycles. The molecule has 10 nitrogen and oxygen atoms in total. The van der Waals surface area contributed by atoms with Crippen LogP contribution in [0.25, 0.3) is 33.7 Å². The molecule has 1 saturated heterocycles. The maximum Gasteiger partial charge on any atom is 0.310 e. The highest BCUT2D eigenvalue weighted by Crippen LogP contribution is 2.28. The highest BCUT2D eigenvalue weighted by atomic mass is 16.5. The number of nitrogens with zero attached hydrogens (tertiary/aromatic N) is 5. The van der Waals surface area contributed by atoms with Gasteiger partial charge in [0.15, 0.2) is 0 Å². The number of piperidine rings is 1. The molecular formula is C26H25N5O5.